The molecule has 0 spiro atoms. The number of fused-ring (bicyclic) bond motifs is 1. The minimum Gasteiger partial charge on any atom is -0.290 e. The topological polar surface area (TPSA) is 64.7 Å². The second-order valence-electron chi connectivity index (χ2n) is 4.17. The SMILES string of the molecule is Cn1ncc2c(=O)n(Nc3ccc(Cl)c(Cl)c3)cnc21. The molecule has 0 aliphatic heterocycles. The van der Waals surface area contributed by atoms with E-state index in [1.54, 1.807) is 29.9 Å². The average molecular weight is 310 g/mol. The van der Waals surface area contributed by atoms with E-state index >= 15 is 0 Å². The first kappa shape index (κ1) is 13.0. The molecule has 20 heavy (non-hydrogen) atoms. The lowest BCUT2D eigenvalue weighted by Crippen LogP contribution is -2.26. The molecule has 0 saturated heterocycles. The number of hydrogen-bond donors (Lipinski definition) is 1. The Labute approximate surface area is 123 Å². The molecule has 0 fully saturated rings. The number of aryl methyl sites for hydroxylation is 1. The van der Waals surface area contributed by atoms with E-state index in [0.29, 0.717) is 26.8 Å². The van der Waals surface area contributed by atoms with Crippen molar-refractivity contribution in [2.24, 2.45) is 7.05 Å². The summed E-state index contributed by atoms with van der Waals surface area (Å²) in [6.07, 6.45) is 2.88. The highest BCUT2D eigenvalue weighted by Gasteiger charge is 2.08. The van der Waals surface area contributed by atoms with Crippen molar-refractivity contribution in [1.82, 2.24) is 19.4 Å². The van der Waals surface area contributed by atoms with Crippen LogP contribution in [0.25, 0.3) is 11.0 Å². The summed E-state index contributed by atoms with van der Waals surface area (Å²) in [5.74, 6) is 0. The highest BCUT2D eigenvalue weighted by molar-refractivity contribution is 6.42. The van der Waals surface area contributed by atoms with Gasteiger partial charge in [0.25, 0.3) is 5.56 Å². The molecule has 3 rings (SSSR count). The Balaban J connectivity index is 2.04. The van der Waals surface area contributed by atoms with E-state index < -0.39 is 0 Å². The minimum atomic E-state index is -0.242. The van der Waals surface area contributed by atoms with Crippen molar-refractivity contribution in [2.45, 2.75) is 0 Å². The molecule has 0 saturated carbocycles. The Morgan fingerprint density at radius 1 is 1.25 bits per heavy atom. The van der Waals surface area contributed by atoms with Gasteiger partial charge >= 0.3 is 0 Å². The van der Waals surface area contributed by atoms with Gasteiger partial charge in [0.05, 0.1) is 21.9 Å². The number of anilines is 1. The molecule has 0 amide bonds. The third-order valence-corrected chi connectivity index (χ3v) is 3.56. The second kappa shape index (κ2) is 4.81. The first-order valence-corrected chi connectivity index (χ1v) is 6.43. The van der Waals surface area contributed by atoms with Crippen molar-refractivity contribution >= 4 is 39.9 Å². The Hall–Kier alpha value is -2.05. The molecule has 0 bridgehead atoms. The lowest BCUT2D eigenvalue weighted by molar-refractivity contribution is 0.779. The van der Waals surface area contributed by atoms with Crippen molar-refractivity contribution in [2.75, 3.05) is 5.43 Å². The van der Waals surface area contributed by atoms with E-state index in [1.807, 2.05) is 0 Å². The number of aromatic nitrogens is 4. The maximum absolute atomic E-state index is 12.2. The van der Waals surface area contributed by atoms with Crippen LogP contribution in [0.4, 0.5) is 5.69 Å². The van der Waals surface area contributed by atoms with Crippen LogP contribution in [0.2, 0.25) is 10.0 Å². The first-order chi connectivity index (χ1) is 9.56. The fourth-order valence-corrected chi connectivity index (χ4v) is 2.11. The maximum atomic E-state index is 12.2. The quantitative estimate of drug-likeness (QED) is 0.789. The zero-order chi connectivity index (χ0) is 14.3. The Morgan fingerprint density at radius 2 is 2.05 bits per heavy atom. The molecule has 1 N–H and O–H groups in total. The van der Waals surface area contributed by atoms with Gasteiger partial charge in [-0.1, -0.05) is 23.2 Å². The fourth-order valence-electron chi connectivity index (χ4n) is 1.81. The molecule has 0 aliphatic rings. The van der Waals surface area contributed by atoms with Gasteiger partial charge < -0.3 is 0 Å². The lowest BCUT2D eigenvalue weighted by Gasteiger charge is -2.09. The molecule has 102 valence electrons. The molecule has 0 aliphatic carbocycles. The predicted octanol–water partition coefficient (Wildman–Crippen LogP) is 2.31. The van der Waals surface area contributed by atoms with Crippen molar-refractivity contribution < 1.29 is 0 Å². The standard InChI is InChI=1S/C12H9Cl2N5O/c1-18-11-8(5-16-18)12(20)19(6-15-11)17-7-2-3-9(13)10(14)4-7/h2-6,17H,1H3. The largest absolute Gasteiger partial charge is 0.290 e. The second-order valence-corrected chi connectivity index (χ2v) is 4.98. The Bertz CT molecular complexity index is 855. The van der Waals surface area contributed by atoms with Crippen molar-refractivity contribution in [3.05, 3.63) is 51.1 Å². The molecule has 2 aromatic heterocycles. The van der Waals surface area contributed by atoms with Crippen molar-refractivity contribution in [3.8, 4) is 0 Å². The van der Waals surface area contributed by atoms with Crippen LogP contribution in [0.3, 0.4) is 0 Å². The molecule has 3 aromatic rings. The average Bonchev–Trinajstić information content (AvgIpc) is 2.80. The van der Waals surface area contributed by atoms with Gasteiger partial charge in [-0.15, -0.1) is 0 Å². The summed E-state index contributed by atoms with van der Waals surface area (Å²) in [5, 5.41) is 5.29. The van der Waals surface area contributed by atoms with Crippen molar-refractivity contribution in [3.63, 3.8) is 0 Å². The minimum absolute atomic E-state index is 0.242. The number of rotatable bonds is 2. The van der Waals surface area contributed by atoms with E-state index in [0.717, 1.165) is 0 Å². The molecule has 6 nitrogen and oxygen atoms in total. The van der Waals surface area contributed by atoms with E-state index in [1.165, 1.54) is 17.2 Å². The maximum Gasteiger partial charge on any atom is 0.283 e. The lowest BCUT2D eigenvalue weighted by atomic mass is 10.3. The van der Waals surface area contributed by atoms with Gasteiger partial charge in [-0.3, -0.25) is 14.9 Å². The summed E-state index contributed by atoms with van der Waals surface area (Å²) in [6, 6.07) is 4.99. The summed E-state index contributed by atoms with van der Waals surface area (Å²) < 4.78 is 2.81. The number of hydrogen-bond acceptors (Lipinski definition) is 4. The highest BCUT2D eigenvalue weighted by Crippen LogP contribution is 2.24. The number of nitrogens with one attached hydrogen (secondary N) is 1. The van der Waals surface area contributed by atoms with Crippen LogP contribution in [0, 0.1) is 0 Å². The number of halogens is 2. The van der Waals surface area contributed by atoms with Gasteiger partial charge in [-0.05, 0) is 18.2 Å². The van der Waals surface area contributed by atoms with Crippen molar-refractivity contribution in [1.29, 1.82) is 0 Å². The fraction of sp³-hybridized carbons (Fsp3) is 0.0833. The predicted molar refractivity (Wildman–Crippen MR) is 78.3 cm³/mol. The summed E-state index contributed by atoms with van der Waals surface area (Å²) in [4.78, 5) is 16.4. The molecule has 0 radical (unpaired) electrons. The molecule has 2 heterocycles. The van der Waals surface area contributed by atoms with Crippen LogP contribution in [0.5, 0.6) is 0 Å². The smallest absolute Gasteiger partial charge is 0.283 e. The van der Waals surface area contributed by atoms with Gasteiger partial charge in [-0.2, -0.15) is 5.10 Å². The summed E-state index contributed by atoms with van der Waals surface area (Å²) >= 11 is 11.8. The van der Waals surface area contributed by atoms with E-state index in [-0.39, 0.29) is 5.56 Å². The van der Waals surface area contributed by atoms with E-state index in [2.05, 4.69) is 15.5 Å². The van der Waals surface area contributed by atoms with Crippen LogP contribution in [0.15, 0.2) is 35.5 Å². The molecule has 0 atom stereocenters. The third kappa shape index (κ3) is 2.13. The first-order valence-electron chi connectivity index (χ1n) is 5.68. The molecular weight excluding hydrogens is 301 g/mol. The van der Waals surface area contributed by atoms with Gasteiger partial charge in [-0.25, -0.2) is 9.66 Å². The van der Waals surface area contributed by atoms with Crippen LogP contribution in [-0.2, 0) is 7.05 Å². The van der Waals surface area contributed by atoms with Crippen LogP contribution in [0.1, 0.15) is 0 Å². The monoisotopic (exact) mass is 309 g/mol. The highest BCUT2D eigenvalue weighted by atomic mass is 35.5. The Kier molecular flexibility index (Phi) is 3.11. The number of benzene rings is 1. The normalized spacial score (nSPS) is 10.9. The molecular formula is C12H9Cl2N5O. The molecule has 0 unspecified atom stereocenters. The van der Waals surface area contributed by atoms with Gasteiger partial charge in [0.2, 0.25) is 0 Å². The van der Waals surface area contributed by atoms with Gasteiger partial charge in [0.15, 0.2) is 5.65 Å². The Morgan fingerprint density at radius 3 is 2.80 bits per heavy atom. The zero-order valence-corrected chi connectivity index (χ0v) is 11.9. The van der Waals surface area contributed by atoms with Gasteiger partial charge in [0.1, 0.15) is 11.7 Å². The van der Waals surface area contributed by atoms with Crippen LogP contribution in [-0.4, -0.2) is 19.4 Å². The summed E-state index contributed by atoms with van der Waals surface area (Å²) in [5.41, 5.74) is 3.82. The third-order valence-electron chi connectivity index (χ3n) is 2.82. The number of nitrogens with zero attached hydrogens (tertiary/aromatic N) is 4. The molecule has 1 aromatic carbocycles. The summed E-state index contributed by atoms with van der Waals surface area (Å²) in [6.45, 7) is 0. The van der Waals surface area contributed by atoms with E-state index in [9.17, 15) is 4.79 Å². The molecule has 8 heteroatoms. The summed E-state index contributed by atoms with van der Waals surface area (Å²) in [7, 11) is 1.73. The van der Waals surface area contributed by atoms with Crippen LogP contribution >= 0.6 is 23.2 Å². The zero-order valence-electron chi connectivity index (χ0n) is 10.3. The van der Waals surface area contributed by atoms with Gasteiger partial charge in [0, 0.05) is 7.05 Å². The van der Waals surface area contributed by atoms with Crippen LogP contribution < -0.4 is 11.0 Å². The van der Waals surface area contributed by atoms with E-state index in [4.69, 9.17) is 23.2 Å².